The van der Waals surface area contributed by atoms with Crippen LogP contribution in [0.3, 0.4) is 0 Å². The van der Waals surface area contributed by atoms with Gasteiger partial charge in [0.25, 0.3) is 5.91 Å². The summed E-state index contributed by atoms with van der Waals surface area (Å²) in [6.45, 7) is 4.13. The Morgan fingerprint density at radius 3 is 2.37 bits per heavy atom. The van der Waals surface area contributed by atoms with E-state index in [-0.39, 0.29) is 11.7 Å². The van der Waals surface area contributed by atoms with Crippen molar-refractivity contribution in [3.63, 3.8) is 0 Å². The topological polar surface area (TPSA) is 82.6 Å². The molecule has 2 fully saturated rings. The molecule has 1 N–H and O–H groups in total. The van der Waals surface area contributed by atoms with Crippen LogP contribution in [0.4, 0.5) is 5.82 Å². The van der Waals surface area contributed by atoms with Crippen LogP contribution in [-0.2, 0) is 10.0 Å². The molecule has 0 saturated carbocycles. The zero-order valence-corrected chi connectivity index (χ0v) is 18.1. The molecule has 4 rings (SSSR count). The molecule has 2 saturated heterocycles. The zero-order chi connectivity index (χ0) is 21.1. The number of aromatic nitrogens is 1. The minimum atomic E-state index is -3.35. The second-order valence-corrected chi connectivity index (χ2v) is 9.93. The Hall–Kier alpha value is -2.45. The van der Waals surface area contributed by atoms with E-state index >= 15 is 0 Å². The molecule has 1 unspecified atom stereocenters. The Bertz CT molecular complexity index is 984. The lowest BCUT2D eigenvalue weighted by molar-refractivity contribution is 0.0709. The number of pyridine rings is 1. The van der Waals surface area contributed by atoms with Crippen molar-refractivity contribution in [2.45, 2.75) is 31.7 Å². The van der Waals surface area contributed by atoms with Gasteiger partial charge in [0, 0.05) is 36.5 Å². The molecule has 1 amide bonds. The van der Waals surface area contributed by atoms with E-state index in [2.05, 4.69) is 14.6 Å². The van der Waals surface area contributed by atoms with Gasteiger partial charge in [-0.3, -0.25) is 9.52 Å². The van der Waals surface area contributed by atoms with Crippen molar-refractivity contribution in [3.05, 3.63) is 48.2 Å². The summed E-state index contributed by atoms with van der Waals surface area (Å²) in [5.41, 5.74) is 2.50. The van der Waals surface area contributed by atoms with Gasteiger partial charge in [0.2, 0.25) is 10.0 Å². The molecule has 3 heterocycles. The number of hydrogen-bond acceptors (Lipinski definition) is 5. The monoisotopic (exact) mass is 428 g/mol. The first-order valence-corrected chi connectivity index (χ1v) is 12.4. The molecule has 0 aliphatic carbocycles. The van der Waals surface area contributed by atoms with Crippen LogP contribution in [0.5, 0.6) is 0 Å². The molecule has 0 spiro atoms. The van der Waals surface area contributed by atoms with Crippen LogP contribution in [0.1, 0.15) is 36.0 Å². The molecular weight excluding hydrogens is 400 g/mol. The fourth-order valence-electron chi connectivity index (χ4n) is 4.34. The Kier molecular flexibility index (Phi) is 6.06. The standard InChI is InChI=1S/C22H28N4O3S/c1-30(28,29)24-21-11-10-19(15-23-21)17-6-8-18(9-7-17)22(27)26-14-4-5-20(26)16-25-12-2-3-13-25/h6-11,15,20H,2-5,12-14,16H2,1H3,(H,23,24). The van der Waals surface area contributed by atoms with Crippen molar-refractivity contribution in [3.8, 4) is 11.1 Å². The Morgan fingerprint density at radius 2 is 1.73 bits per heavy atom. The first-order chi connectivity index (χ1) is 14.4. The van der Waals surface area contributed by atoms with E-state index < -0.39 is 10.0 Å². The van der Waals surface area contributed by atoms with E-state index in [1.54, 1.807) is 12.3 Å². The van der Waals surface area contributed by atoms with E-state index in [1.165, 1.54) is 12.8 Å². The molecule has 2 aromatic rings. The summed E-state index contributed by atoms with van der Waals surface area (Å²) >= 11 is 0. The van der Waals surface area contributed by atoms with E-state index in [9.17, 15) is 13.2 Å². The average molecular weight is 429 g/mol. The summed E-state index contributed by atoms with van der Waals surface area (Å²) in [5.74, 6) is 0.389. The third kappa shape index (κ3) is 4.99. The molecule has 0 radical (unpaired) electrons. The zero-order valence-electron chi connectivity index (χ0n) is 17.3. The van der Waals surface area contributed by atoms with Gasteiger partial charge >= 0.3 is 0 Å². The summed E-state index contributed by atoms with van der Waals surface area (Å²) in [5, 5.41) is 0. The maximum absolute atomic E-state index is 13.1. The molecule has 2 aliphatic rings. The SMILES string of the molecule is CS(=O)(=O)Nc1ccc(-c2ccc(C(=O)N3CCCC3CN3CCCC3)cc2)cn1. The average Bonchev–Trinajstić information content (AvgIpc) is 3.39. The van der Waals surface area contributed by atoms with Gasteiger partial charge in [-0.15, -0.1) is 0 Å². The normalized spacial score (nSPS) is 19.9. The molecular formula is C22H28N4O3S. The van der Waals surface area contributed by atoms with Crippen LogP contribution < -0.4 is 4.72 Å². The third-order valence-electron chi connectivity index (χ3n) is 5.82. The van der Waals surface area contributed by atoms with Crippen LogP contribution in [-0.4, -0.2) is 67.6 Å². The van der Waals surface area contributed by atoms with Crippen LogP contribution >= 0.6 is 0 Å². The second-order valence-electron chi connectivity index (χ2n) is 8.19. The van der Waals surface area contributed by atoms with Gasteiger partial charge in [-0.05, 0) is 68.6 Å². The van der Waals surface area contributed by atoms with Crippen molar-refractivity contribution in [1.29, 1.82) is 0 Å². The van der Waals surface area contributed by atoms with Crippen molar-refractivity contribution in [2.24, 2.45) is 0 Å². The van der Waals surface area contributed by atoms with Crippen molar-refractivity contribution >= 4 is 21.7 Å². The van der Waals surface area contributed by atoms with Gasteiger partial charge < -0.3 is 9.80 Å². The molecule has 160 valence electrons. The molecule has 30 heavy (non-hydrogen) atoms. The molecule has 8 heteroatoms. The Balaban J connectivity index is 1.43. The fourth-order valence-corrected chi connectivity index (χ4v) is 4.84. The maximum atomic E-state index is 13.1. The third-order valence-corrected chi connectivity index (χ3v) is 6.40. The lowest BCUT2D eigenvalue weighted by Gasteiger charge is -2.28. The summed E-state index contributed by atoms with van der Waals surface area (Å²) in [7, 11) is -3.35. The maximum Gasteiger partial charge on any atom is 0.254 e. The first-order valence-electron chi connectivity index (χ1n) is 10.5. The lowest BCUT2D eigenvalue weighted by atomic mass is 10.0. The van der Waals surface area contributed by atoms with Crippen molar-refractivity contribution in [1.82, 2.24) is 14.8 Å². The highest BCUT2D eigenvalue weighted by Gasteiger charge is 2.31. The van der Waals surface area contributed by atoms with E-state index in [0.717, 1.165) is 56.4 Å². The van der Waals surface area contributed by atoms with E-state index in [1.807, 2.05) is 35.2 Å². The highest BCUT2D eigenvalue weighted by molar-refractivity contribution is 7.92. The summed E-state index contributed by atoms with van der Waals surface area (Å²) < 4.78 is 24.9. The predicted octanol–water partition coefficient (Wildman–Crippen LogP) is 2.82. The minimum absolute atomic E-state index is 0.106. The molecule has 7 nitrogen and oxygen atoms in total. The number of carbonyl (C=O) groups excluding carboxylic acids is 1. The van der Waals surface area contributed by atoms with Crippen LogP contribution in [0.2, 0.25) is 0 Å². The fraction of sp³-hybridized carbons (Fsp3) is 0.455. The predicted molar refractivity (Wildman–Crippen MR) is 118 cm³/mol. The first kappa shape index (κ1) is 20.8. The number of nitrogens with one attached hydrogen (secondary N) is 1. The number of anilines is 1. The van der Waals surface area contributed by atoms with Crippen LogP contribution in [0, 0.1) is 0 Å². The molecule has 2 aliphatic heterocycles. The van der Waals surface area contributed by atoms with Gasteiger partial charge in [-0.25, -0.2) is 13.4 Å². The van der Waals surface area contributed by atoms with Gasteiger partial charge in [-0.1, -0.05) is 12.1 Å². The van der Waals surface area contributed by atoms with Gasteiger partial charge in [0.1, 0.15) is 5.82 Å². The van der Waals surface area contributed by atoms with Gasteiger partial charge in [0.15, 0.2) is 0 Å². The van der Waals surface area contributed by atoms with E-state index in [4.69, 9.17) is 0 Å². The highest BCUT2D eigenvalue weighted by Crippen LogP contribution is 2.25. The summed E-state index contributed by atoms with van der Waals surface area (Å²) in [6.07, 6.45) is 7.40. The number of rotatable bonds is 6. The molecule has 1 aromatic heterocycles. The Labute approximate surface area is 178 Å². The lowest BCUT2D eigenvalue weighted by Crippen LogP contribution is -2.42. The number of sulfonamides is 1. The number of amides is 1. The number of hydrogen-bond donors (Lipinski definition) is 1. The molecule has 1 atom stereocenters. The largest absolute Gasteiger partial charge is 0.334 e. The number of carbonyl (C=O) groups is 1. The molecule has 0 bridgehead atoms. The number of benzene rings is 1. The highest BCUT2D eigenvalue weighted by atomic mass is 32.2. The summed E-state index contributed by atoms with van der Waals surface area (Å²) in [4.78, 5) is 21.8. The number of likely N-dealkylation sites (tertiary alicyclic amines) is 2. The van der Waals surface area contributed by atoms with Gasteiger partial charge in [-0.2, -0.15) is 0 Å². The quantitative estimate of drug-likeness (QED) is 0.765. The van der Waals surface area contributed by atoms with Crippen molar-refractivity contribution < 1.29 is 13.2 Å². The Morgan fingerprint density at radius 1 is 1.03 bits per heavy atom. The van der Waals surface area contributed by atoms with Crippen molar-refractivity contribution in [2.75, 3.05) is 37.2 Å². The summed E-state index contributed by atoms with van der Waals surface area (Å²) in [6, 6.07) is 11.3. The van der Waals surface area contributed by atoms with Crippen LogP contribution in [0.25, 0.3) is 11.1 Å². The smallest absolute Gasteiger partial charge is 0.254 e. The second kappa shape index (κ2) is 8.73. The van der Waals surface area contributed by atoms with Gasteiger partial charge in [0.05, 0.1) is 6.26 Å². The van der Waals surface area contributed by atoms with E-state index in [0.29, 0.717) is 11.6 Å². The molecule has 1 aromatic carbocycles. The minimum Gasteiger partial charge on any atom is -0.334 e. The van der Waals surface area contributed by atoms with Crippen LogP contribution in [0.15, 0.2) is 42.6 Å². The number of nitrogens with zero attached hydrogens (tertiary/aromatic N) is 3.